The van der Waals surface area contributed by atoms with Gasteiger partial charge in [-0.25, -0.2) is 9.69 Å². The van der Waals surface area contributed by atoms with Crippen molar-refractivity contribution in [2.45, 2.75) is 6.42 Å². The fraction of sp³-hybridized carbons (Fsp3) is 0.182. The minimum Gasteiger partial charge on any atom is -0.504 e. The molecule has 10 nitrogen and oxygen atoms in total. The summed E-state index contributed by atoms with van der Waals surface area (Å²) < 4.78 is 0. The lowest BCUT2D eigenvalue weighted by Gasteiger charge is -2.30. The maximum atomic E-state index is 11.9. The number of imide groups is 2. The minimum absolute atomic E-state index is 0.314. The molecule has 0 saturated carbocycles. The van der Waals surface area contributed by atoms with Gasteiger partial charge in [0, 0.05) is 19.2 Å². The topological polar surface area (TPSA) is 141 Å². The largest absolute Gasteiger partial charge is 0.504 e. The summed E-state index contributed by atoms with van der Waals surface area (Å²) in [6, 6.07) is 0.576. The number of carbonyl (C=O) groups excluding carboxylic acids is 3. The van der Waals surface area contributed by atoms with Crippen molar-refractivity contribution < 1.29 is 29.5 Å². The van der Waals surface area contributed by atoms with Gasteiger partial charge >= 0.3 is 11.7 Å². The molecule has 0 unspecified atom stereocenters. The molecular weight excluding hydrogens is 286 g/mol. The quantitative estimate of drug-likeness (QED) is 0.346. The maximum Gasteiger partial charge on any atom is 0.337 e. The number of carbonyl (C=O) groups is 3. The van der Waals surface area contributed by atoms with E-state index < -0.39 is 46.4 Å². The Morgan fingerprint density at radius 3 is 2.38 bits per heavy atom. The van der Waals surface area contributed by atoms with Crippen LogP contribution in [0.3, 0.4) is 0 Å². The second-order valence-electron chi connectivity index (χ2n) is 4.23. The number of rotatable bonds is 2. The number of nitro benzene ring substituents is 1. The van der Waals surface area contributed by atoms with Gasteiger partial charge in [-0.1, -0.05) is 0 Å². The van der Waals surface area contributed by atoms with Crippen molar-refractivity contribution >= 4 is 29.2 Å². The van der Waals surface area contributed by atoms with Gasteiger partial charge in [0.2, 0.25) is 17.6 Å². The number of hydrogen-bond acceptors (Lipinski definition) is 7. The molecule has 0 aromatic heterocycles. The third kappa shape index (κ3) is 2.22. The number of benzene rings is 1. The molecule has 1 aromatic rings. The van der Waals surface area contributed by atoms with Crippen LogP contribution in [0.1, 0.15) is 6.42 Å². The van der Waals surface area contributed by atoms with Crippen LogP contribution in [0.25, 0.3) is 0 Å². The molecule has 4 amide bonds. The van der Waals surface area contributed by atoms with Gasteiger partial charge in [0.1, 0.15) is 6.42 Å². The molecule has 21 heavy (non-hydrogen) atoms. The number of phenolic OH excluding ortho intramolecular Hbond substituents is 2. The number of nitrogens with zero attached hydrogens (tertiary/aromatic N) is 3. The lowest BCUT2D eigenvalue weighted by molar-refractivity contribution is -0.385. The highest BCUT2D eigenvalue weighted by Gasteiger charge is 2.38. The summed E-state index contributed by atoms with van der Waals surface area (Å²) >= 11 is 0. The van der Waals surface area contributed by atoms with Crippen LogP contribution in [0.2, 0.25) is 0 Å². The summed E-state index contributed by atoms with van der Waals surface area (Å²) in [5, 5.41) is 29.6. The molecule has 1 heterocycles. The second-order valence-corrected chi connectivity index (χ2v) is 4.23. The highest BCUT2D eigenvalue weighted by molar-refractivity contribution is 6.26. The molecule has 2 rings (SSSR count). The number of anilines is 1. The molecule has 2 N–H and O–H groups in total. The fourth-order valence-electron chi connectivity index (χ4n) is 1.80. The molecule has 0 bridgehead atoms. The Morgan fingerprint density at radius 1 is 1.19 bits per heavy atom. The Kier molecular flexibility index (Phi) is 3.21. The van der Waals surface area contributed by atoms with Gasteiger partial charge < -0.3 is 10.2 Å². The predicted octanol–water partition coefficient (Wildman–Crippen LogP) is 0.321. The molecule has 1 aliphatic heterocycles. The zero-order chi connectivity index (χ0) is 15.9. The molecule has 1 saturated heterocycles. The van der Waals surface area contributed by atoms with E-state index >= 15 is 0 Å². The van der Waals surface area contributed by atoms with Crippen LogP contribution in [-0.2, 0) is 9.59 Å². The first-order valence-corrected chi connectivity index (χ1v) is 5.58. The van der Waals surface area contributed by atoms with Crippen molar-refractivity contribution in [2.24, 2.45) is 0 Å². The summed E-state index contributed by atoms with van der Waals surface area (Å²) in [5.74, 6) is -3.44. The van der Waals surface area contributed by atoms with Gasteiger partial charge in [-0.3, -0.25) is 24.6 Å². The lowest BCUT2D eigenvalue weighted by Crippen LogP contribution is -2.53. The molecule has 1 aliphatic rings. The van der Waals surface area contributed by atoms with Crippen LogP contribution in [0.5, 0.6) is 11.5 Å². The van der Waals surface area contributed by atoms with E-state index in [0.717, 1.165) is 19.2 Å². The first kappa shape index (κ1) is 14.2. The van der Waals surface area contributed by atoms with Crippen molar-refractivity contribution in [3.05, 3.63) is 22.2 Å². The number of phenols is 2. The highest BCUT2D eigenvalue weighted by atomic mass is 16.6. The molecule has 0 aliphatic carbocycles. The highest BCUT2D eigenvalue weighted by Crippen LogP contribution is 2.39. The minimum atomic E-state index is -1.00. The average molecular weight is 295 g/mol. The smallest absolute Gasteiger partial charge is 0.337 e. The first-order chi connectivity index (χ1) is 9.73. The Morgan fingerprint density at radius 2 is 1.81 bits per heavy atom. The molecule has 10 heteroatoms. The van der Waals surface area contributed by atoms with E-state index in [1.54, 1.807) is 0 Å². The summed E-state index contributed by atoms with van der Waals surface area (Å²) in [4.78, 5) is 46.0. The molecule has 110 valence electrons. The van der Waals surface area contributed by atoms with Crippen LogP contribution >= 0.6 is 0 Å². The third-order valence-electron chi connectivity index (χ3n) is 2.91. The van der Waals surface area contributed by atoms with Crippen LogP contribution in [0.15, 0.2) is 12.1 Å². The van der Waals surface area contributed by atoms with E-state index in [-0.39, 0.29) is 5.69 Å². The molecule has 0 spiro atoms. The SMILES string of the molecule is CN1C(=O)CC(=O)N(c2cc(O)c(O)c([N+](=O)[O-])c2)C1=O. The Hall–Kier alpha value is -3.17. The van der Waals surface area contributed by atoms with Crippen molar-refractivity contribution in [1.29, 1.82) is 0 Å². The number of hydrogen-bond donors (Lipinski definition) is 2. The number of aromatic hydroxyl groups is 2. The van der Waals surface area contributed by atoms with Crippen LogP contribution in [0.4, 0.5) is 16.2 Å². The molecular formula is C11H9N3O7. The van der Waals surface area contributed by atoms with Crippen molar-refractivity contribution in [2.75, 3.05) is 11.9 Å². The van der Waals surface area contributed by atoms with Gasteiger partial charge in [0.05, 0.1) is 10.6 Å². The van der Waals surface area contributed by atoms with Gasteiger partial charge in [-0.2, -0.15) is 0 Å². The number of amides is 4. The monoisotopic (exact) mass is 295 g/mol. The lowest BCUT2D eigenvalue weighted by atomic mass is 10.2. The van der Waals surface area contributed by atoms with Gasteiger partial charge in [0.25, 0.3) is 0 Å². The maximum absolute atomic E-state index is 11.9. The van der Waals surface area contributed by atoms with Crippen molar-refractivity contribution in [3.8, 4) is 11.5 Å². The normalized spacial score (nSPS) is 15.6. The number of urea groups is 1. The standard InChI is InChI=1S/C11H9N3O7/c1-12-8(16)4-9(17)13(11(12)19)5-2-6(14(20)21)10(18)7(15)3-5/h2-3,15,18H,4H2,1H3. The van der Waals surface area contributed by atoms with E-state index in [1.165, 1.54) is 0 Å². The Balaban J connectivity index is 2.56. The van der Waals surface area contributed by atoms with Crippen molar-refractivity contribution in [1.82, 2.24) is 4.90 Å². The van der Waals surface area contributed by atoms with E-state index in [9.17, 15) is 34.7 Å². The van der Waals surface area contributed by atoms with Crippen LogP contribution in [-0.4, -0.2) is 44.9 Å². The predicted molar refractivity (Wildman–Crippen MR) is 66.7 cm³/mol. The zero-order valence-electron chi connectivity index (χ0n) is 10.6. The average Bonchev–Trinajstić information content (AvgIpc) is 2.39. The van der Waals surface area contributed by atoms with Gasteiger partial charge in [0.15, 0.2) is 5.75 Å². The summed E-state index contributed by atoms with van der Waals surface area (Å²) in [6.45, 7) is 0. The third-order valence-corrected chi connectivity index (χ3v) is 2.91. The summed E-state index contributed by atoms with van der Waals surface area (Å²) in [6.07, 6.45) is -0.586. The Bertz CT molecular complexity index is 685. The van der Waals surface area contributed by atoms with E-state index in [2.05, 4.69) is 0 Å². The van der Waals surface area contributed by atoms with Crippen LogP contribution in [0, 0.1) is 10.1 Å². The molecule has 0 radical (unpaired) electrons. The zero-order valence-corrected chi connectivity index (χ0v) is 10.6. The first-order valence-electron chi connectivity index (χ1n) is 5.58. The van der Waals surface area contributed by atoms with Crippen molar-refractivity contribution in [3.63, 3.8) is 0 Å². The van der Waals surface area contributed by atoms with E-state index in [1.807, 2.05) is 0 Å². The van der Waals surface area contributed by atoms with Gasteiger partial charge in [-0.15, -0.1) is 0 Å². The number of barbiturate groups is 1. The number of nitro groups is 1. The Labute approximate surface area is 116 Å². The van der Waals surface area contributed by atoms with Gasteiger partial charge in [-0.05, 0) is 0 Å². The van der Waals surface area contributed by atoms with E-state index in [0.29, 0.717) is 9.80 Å². The molecule has 1 fully saturated rings. The second kappa shape index (κ2) is 4.74. The fourth-order valence-corrected chi connectivity index (χ4v) is 1.80. The van der Waals surface area contributed by atoms with Crippen LogP contribution < -0.4 is 4.90 Å². The summed E-state index contributed by atoms with van der Waals surface area (Å²) in [5.41, 5.74) is -1.18. The molecule has 1 aromatic carbocycles. The molecule has 0 atom stereocenters. The summed E-state index contributed by atoms with van der Waals surface area (Å²) in [7, 11) is 1.15. The van der Waals surface area contributed by atoms with E-state index in [4.69, 9.17) is 0 Å².